The molecule has 4 rings (SSSR count). The van der Waals surface area contributed by atoms with Gasteiger partial charge in [0.05, 0.1) is 18.9 Å². The molecular weight excluding hydrogens is 334 g/mol. The van der Waals surface area contributed by atoms with Crippen LogP contribution in [0, 0.1) is 6.92 Å². The molecule has 0 radical (unpaired) electrons. The summed E-state index contributed by atoms with van der Waals surface area (Å²) in [6, 6.07) is 10.0. The van der Waals surface area contributed by atoms with E-state index in [0.717, 1.165) is 66.7 Å². The largest absolute Gasteiger partial charge is 0.379 e. The average molecular weight is 355 g/mol. The Labute approximate surface area is 150 Å². The van der Waals surface area contributed by atoms with Crippen LogP contribution in [-0.4, -0.2) is 47.1 Å². The van der Waals surface area contributed by atoms with Gasteiger partial charge in [-0.2, -0.15) is 0 Å². The zero-order chi connectivity index (χ0) is 17.2. The molecule has 0 saturated carbocycles. The van der Waals surface area contributed by atoms with Crippen LogP contribution in [0.1, 0.15) is 11.3 Å². The number of ether oxygens (including phenoxy) is 1. The molecule has 0 bridgehead atoms. The summed E-state index contributed by atoms with van der Waals surface area (Å²) in [7, 11) is 0. The summed E-state index contributed by atoms with van der Waals surface area (Å²) in [4.78, 5) is 21.0. The number of benzene rings is 1. The van der Waals surface area contributed by atoms with Crippen LogP contribution in [0.25, 0.3) is 16.2 Å². The zero-order valence-electron chi connectivity index (χ0n) is 14.3. The predicted octanol–water partition coefficient (Wildman–Crippen LogP) is 2.61. The van der Waals surface area contributed by atoms with Gasteiger partial charge in [-0.3, -0.25) is 14.1 Å². The number of hydrogen-bond acceptors (Lipinski definition) is 5. The Morgan fingerprint density at radius 1 is 1.20 bits per heavy atom. The summed E-state index contributed by atoms with van der Waals surface area (Å²) in [6.45, 7) is 6.24. The summed E-state index contributed by atoms with van der Waals surface area (Å²) in [5.41, 5.74) is 3.70. The SMILES string of the molecule is Cc1nc2scc(-c3ccccc3)n2c(=O)c1CCN1CCOCC1. The topological polar surface area (TPSA) is 46.8 Å². The van der Waals surface area contributed by atoms with Crippen LogP contribution in [-0.2, 0) is 11.2 Å². The van der Waals surface area contributed by atoms with Crippen LogP contribution in [0.2, 0.25) is 0 Å². The second-order valence-electron chi connectivity index (χ2n) is 6.29. The van der Waals surface area contributed by atoms with Crippen LogP contribution in [0.15, 0.2) is 40.5 Å². The third-order valence-electron chi connectivity index (χ3n) is 4.72. The number of morpholine rings is 1. The lowest BCUT2D eigenvalue weighted by atomic mass is 10.1. The first-order valence-corrected chi connectivity index (χ1v) is 9.47. The Hall–Kier alpha value is -2.02. The quantitative estimate of drug-likeness (QED) is 0.722. The molecule has 3 heterocycles. The van der Waals surface area contributed by atoms with Gasteiger partial charge in [0.2, 0.25) is 0 Å². The number of hydrogen-bond donors (Lipinski definition) is 0. The summed E-state index contributed by atoms with van der Waals surface area (Å²) in [5, 5.41) is 2.02. The minimum absolute atomic E-state index is 0.0656. The van der Waals surface area contributed by atoms with Gasteiger partial charge >= 0.3 is 0 Å². The van der Waals surface area contributed by atoms with Crippen molar-refractivity contribution in [1.29, 1.82) is 0 Å². The van der Waals surface area contributed by atoms with Gasteiger partial charge in [-0.15, -0.1) is 11.3 Å². The zero-order valence-corrected chi connectivity index (χ0v) is 15.1. The van der Waals surface area contributed by atoms with Crippen molar-refractivity contribution in [3.05, 3.63) is 57.3 Å². The molecule has 3 aromatic rings. The van der Waals surface area contributed by atoms with E-state index in [9.17, 15) is 4.79 Å². The summed E-state index contributed by atoms with van der Waals surface area (Å²) in [6.07, 6.45) is 0.727. The standard InChI is InChI=1S/C19H21N3O2S/c1-14-16(7-8-21-9-11-24-12-10-21)18(23)22-17(13-25-19(22)20-14)15-5-3-2-4-6-15/h2-6,13H,7-12H2,1H3. The molecule has 5 nitrogen and oxygen atoms in total. The Kier molecular flexibility index (Phi) is 4.65. The third-order valence-corrected chi connectivity index (χ3v) is 5.55. The molecule has 1 saturated heterocycles. The van der Waals surface area contributed by atoms with E-state index in [1.807, 2.05) is 42.6 Å². The van der Waals surface area contributed by atoms with Gasteiger partial charge in [-0.1, -0.05) is 30.3 Å². The molecule has 0 atom stereocenters. The molecular formula is C19H21N3O2S. The van der Waals surface area contributed by atoms with Crippen molar-refractivity contribution in [2.24, 2.45) is 0 Å². The van der Waals surface area contributed by atoms with E-state index >= 15 is 0 Å². The fraction of sp³-hybridized carbons (Fsp3) is 0.368. The van der Waals surface area contributed by atoms with Crippen LogP contribution in [0.4, 0.5) is 0 Å². The molecule has 0 spiro atoms. The molecule has 1 aromatic carbocycles. The Balaban J connectivity index is 1.71. The second kappa shape index (κ2) is 7.07. The van der Waals surface area contributed by atoms with Crippen molar-refractivity contribution in [1.82, 2.24) is 14.3 Å². The number of nitrogens with zero attached hydrogens (tertiary/aromatic N) is 3. The van der Waals surface area contributed by atoms with E-state index in [1.54, 1.807) is 4.40 Å². The lowest BCUT2D eigenvalue weighted by Crippen LogP contribution is -2.38. The molecule has 130 valence electrons. The maximum Gasteiger partial charge on any atom is 0.262 e. The average Bonchev–Trinajstić information content (AvgIpc) is 3.07. The monoisotopic (exact) mass is 355 g/mol. The molecule has 0 unspecified atom stereocenters. The van der Waals surface area contributed by atoms with Crippen molar-refractivity contribution >= 4 is 16.3 Å². The van der Waals surface area contributed by atoms with Crippen molar-refractivity contribution in [2.45, 2.75) is 13.3 Å². The maximum absolute atomic E-state index is 13.2. The Morgan fingerprint density at radius 3 is 2.72 bits per heavy atom. The van der Waals surface area contributed by atoms with Gasteiger partial charge in [0.15, 0.2) is 4.96 Å². The van der Waals surface area contributed by atoms with E-state index in [2.05, 4.69) is 9.88 Å². The van der Waals surface area contributed by atoms with Crippen molar-refractivity contribution in [3.63, 3.8) is 0 Å². The Morgan fingerprint density at radius 2 is 1.96 bits per heavy atom. The first kappa shape index (κ1) is 16.4. The Bertz CT molecular complexity index is 927. The smallest absolute Gasteiger partial charge is 0.262 e. The van der Waals surface area contributed by atoms with E-state index in [0.29, 0.717) is 0 Å². The highest BCUT2D eigenvalue weighted by Gasteiger charge is 2.17. The first-order chi connectivity index (χ1) is 12.2. The number of aromatic nitrogens is 2. The lowest BCUT2D eigenvalue weighted by Gasteiger charge is -2.26. The summed E-state index contributed by atoms with van der Waals surface area (Å²) >= 11 is 1.52. The predicted molar refractivity (Wildman–Crippen MR) is 100 cm³/mol. The molecule has 6 heteroatoms. The molecule has 1 aliphatic heterocycles. The lowest BCUT2D eigenvalue weighted by molar-refractivity contribution is 0.0384. The molecule has 2 aromatic heterocycles. The highest BCUT2D eigenvalue weighted by Crippen LogP contribution is 2.24. The van der Waals surface area contributed by atoms with Crippen LogP contribution in [0.3, 0.4) is 0 Å². The molecule has 1 fully saturated rings. The first-order valence-electron chi connectivity index (χ1n) is 8.59. The molecule has 1 aliphatic rings. The fourth-order valence-corrected chi connectivity index (χ4v) is 4.21. The van der Waals surface area contributed by atoms with Gasteiger partial charge in [0.1, 0.15) is 0 Å². The van der Waals surface area contributed by atoms with Crippen LogP contribution >= 0.6 is 11.3 Å². The van der Waals surface area contributed by atoms with Gasteiger partial charge in [-0.05, 0) is 18.9 Å². The molecule has 0 aliphatic carbocycles. The third kappa shape index (κ3) is 3.25. The van der Waals surface area contributed by atoms with E-state index in [4.69, 9.17) is 4.74 Å². The van der Waals surface area contributed by atoms with Crippen molar-refractivity contribution in [3.8, 4) is 11.3 Å². The number of aryl methyl sites for hydroxylation is 1. The normalized spacial score (nSPS) is 15.7. The van der Waals surface area contributed by atoms with Gasteiger partial charge in [0.25, 0.3) is 5.56 Å². The number of fused-ring (bicyclic) bond motifs is 1. The molecule has 0 amide bonds. The summed E-state index contributed by atoms with van der Waals surface area (Å²) < 4.78 is 7.16. The van der Waals surface area contributed by atoms with Crippen LogP contribution < -0.4 is 5.56 Å². The molecule has 25 heavy (non-hydrogen) atoms. The maximum atomic E-state index is 13.2. The molecule has 0 N–H and O–H groups in total. The van der Waals surface area contributed by atoms with E-state index in [-0.39, 0.29) is 5.56 Å². The second-order valence-corrected chi connectivity index (χ2v) is 7.13. The van der Waals surface area contributed by atoms with Gasteiger partial charge in [0, 0.05) is 36.3 Å². The minimum Gasteiger partial charge on any atom is -0.379 e. The number of thiazole rings is 1. The highest BCUT2D eigenvalue weighted by molar-refractivity contribution is 7.15. The van der Waals surface area contributed by atoms with Gasteiger partial charge in [-0.25, -0.2) is 4.98 Å². The van der Waals surface area contributed by atoms with E-state index in [1.165, 1.54) is 11.3 Å². The van der Waals surface area contributed by atoms with Crippen LogP contribution in [0.5, 0.6) is 0 Å². The van der Waals surface area contributed by atoms with Crippen molar-refractivity contribution < 1.29 is 4.74 Å². The fourth-order valence-electron chi connectivity index (χ4n) is 3.28. The van der Waals surface area contributed by atoms with Gasteiger partial charge < -0.3 is 4.74 Å². The number of rotatable bonds is 4. The minimum atomic E-state index is 0.0656. The highest BCUT2D eigenvalue weighted by atomic mass is 32.1. The van der Waals surface area contributed by atoms with E-state index < -0.39 is 0 Å². The summed E-state index contributed by atoms with van der Waals surface area (Å²) in [5.74, 6) is 0. The van der Waals surface area contributed by atoms with Crippen molar-refractivity contribution in [2.75, 3.05) is 32.8 Å².